The average Bonchev–Trinajstić information content (AvgIpc) is 2.68. The van der Waals surface area contributed by atoms with Crippen molar-refractivity contribution in [1.82, 2.24) is 4.90 Å². The maximum Gasteiger partial charge on any atom is 0.341 e. The molecule has 1 aromatic carbocycles. The molecule has 1 aliphatic heterocycles. The Morgan fingerprint density at radius 3 is 2.24 bits per heavy atom. The quantitative estimate of drug-likeness (QED) is 0.804. The molecule has 0 aromatic heterocycles. The summed E-state index contributed by atoms with van der Waals surface area (Å²) in [6.07, 6.45) is 3.97. The largest absolute Gasteiger partial charge is 0.482 e. The van der Waals surface area contributed by atoms with Crippen LogP contribution in [0, 0.1) is 0 Å². The lowest BCUT2D eigenvalue weighted by molar-refractivity contribution is -0.139. The molecule has 0 bridgehead atoms. The number of carbonyl (C=O) groups excluding carboxylic acids is 2. The van der Waals surface area contributed by atoms with Gasteiger partial charge in [-0.15, -0.1) is 0 Å². The minimum absolute atomic E-state index is 0.0252. The molecule has 0 unspecified atom stereocenters. The highest BCUT2D eigenvalue weighted by molar-refractivity contribution is 6.30. The number of carbonyl (C=O) groups is 3. The zero-order valence-corrected chi connectivity index (χ0v) is 16.9. The van der Waals surface area contributed by atoms with E-state index in [9.17, 15) is 14.4 Å². The molecule has 1 heterocycles. The highest BCUT2D eigenvalue weighted by atomic mass is 35.5. The van der Waals surface area contributed by atoms with Gasteiger partial charge in [0.05, 0.1) is 0 Å². The number of halogens is 1. The molecule has 0 atom stereocenters. The molecule has 7 heteroatoms. The molecule has 0 radical (unpaired) electrons. The zero-order chi connectivity index (χ0) is 20.7. The van der Waals surface area contributed by atoms with E-state index in [2.05, 4.69) is 0 Å². The molecule has 152 valence electrons. The van der Waals surface area contributed by atoms with Crippen LogP contribution in [0.1, 0.15) is 50.0 Å². The summed E-state index contributed by atoms with van der Waals surface area (Å²) >= 11 is 6.27. The summed E-state index contributed by atoms with van der Waals surface area (Å²) in [5.41, 5.74) is 3.72. The minimum Gasteiger partial charge on any atom is -0.482 e. The van der Waals surface area contributed by atoms with Gasteiger partial charge in [0, 0.05) is 58.9 Å². The second-order valence-electron chi connectivity index (χ2n) is 7.63. The number of ether oxygens (including phenoxy) is 1. The average molecular weight is 416 g/mol. The highest BCUT2D eigenvalue weighted by Gasteiger charge is 2.43. The molecule has 0 amide bonds. The van der Waals surface area contributed by atoms with Crippen LogP contribution in [0.5, 0.6) is 5.75 Å². The van der Waals surface area contributed by atoms with E-state index in [1.807, 2.05) is 11.9 Å². The Balaban J connectivity index is 1.94. The van der Waals surface area contributed by atoms with Gasteiger partial charge in [0.15, 0.2) is 18.2 Å². The van der Waals surface area contributed by atoms with Gasteiger partial charge in [-0.25, -0.2) is 4.79 Å². The first-order chi connectivity index (χ1) is 13.9. The topological polar surface area (TPSA) is 83.9 Å². The van der Waals surface area contributed by atoms with Gasteiger partial charge in [0.1, 0.15) is 5.75 Å². The Kier molecular flexibility index (Phi) is 5.21. The van der Waals surface area contributed by atoms with Crippen LogP contribution in [0.2, 0.25) is 5.02 Å². The zero-order valence-electron chi connectivity index (χ0n) is 16.2. The molecule has 1 aromatic rings. The maximum absolute atomic E-state index is 13.0. The predicted molar refractivity (Wildman–Crippen MR) is 107 cm³/mol. The molecular weight excluding hydrogens is 394 g/mol. The van der Waals surface area contributed by atoms with Crippen molar-refractivity contribution in [2.45, 2.75) is 44.4 Å². The van der Waals surface area contributed by atoms with E-state index >= 15 is 0 Å². The Labute approximate surface area is 173 Å². The molecular formula is C22H22ClNO5. The van der Waals surface area contributed by atoms with Gasteiger partial charge >= 0.3 is 5.97 Å². The van der Waals surface area contributed by atoms with E-state index in [-0.39, 0.29) is 11.6 Å². The molecule has 0 saturated carbocycles. The molecule has 29 heavy (non-hydrogen) atoms. The predicted octanol–water partition coefficient (Wildman–Crippen LogP) is 3.85. The number of hydrogen-bond donors (Lipinski definition) is 1. The van der Waals surface area contributed by atoms with Crippen molar-refractivity contribution in [1.29, 1.82) is 0 Å². The van der Waals surface area contributed by atoms with Gasteiger partial charge in [-0.05, 0) is 43.9 Å². The van der Waals surface area contributed by atoms with Gasteiger partial charge in [-0.2, -0.15) is 0 Å². The van der Waals surface area contributed by atoms with E-state index in [0.29, 0.717) is 40.3 Å². The summed E-state index contributed by atoms with van der Waals surface area (Å²) in [6, 6.07) is 4.92. The number of nitrogens with zero attached hydrogens (tertiary/aromatic N) is 1. The number of hydrogen-bond acceptors (Lipinski definition) is 5. The van der Waals surface area contributed by atoms with Crippen LogP contribution in [0.4, 0.5) is 0 Å². The third-order valence-electron chi connectivity index (χ3n) is 5.88. The Morgan fingerprint density at radius 2 is 1.69 bits per heavy atom. The molecule has 0 saturated heterocycles. The lowest BCUT2D eigenvalue weighted by Crippen LogP contribution is -2.37. The van der Waals surface area contributed by atoms with E-state index in [0.717, 1.165) is 37.1 Å². The first-order valence-electron chi connectivity index (χ1n) is 9.78. The van der Waals surface area contributed by atoms with Crippen molar-refractivity contribution in [2.24, 2.45) is 0 Å². The summed E-state index contributed by atoms with van der Waals surface area (Å²) in [7, 11) is 1.93. The molecule has 1 N–H and O–H groups in total. The molecule has 0 fully saturated rings. The van der Waals surface area contributed by atoms with Crippen LogP contribution in [0.25, 0.3) is 0 Å². The standard InChI is InChI=1S/C22H22ClNO5/c1-24-14-4-2-6-16(25)21(14)20(22-15(24)5-3-7-17(22)26)13-10-12(23)8-9-18(13)29-11-19(27)28/h8-10,20H,2-7,11H2,1H3,(H,27,28). The van der Waals surface area contributed by atoms with Gasteiger partial charge < -0.3 is 14.7 Å². The van der Waals surface area contributed by atoms with Gasteiger partial charge in [-0.1, -0.05) is 11.6 Å². The molecule has 0 spiro atoms. The van der Waals surface area contributed by atoms with Crippen LogP contribution >= 0.6 is 11.6 Å². The molecule has 4 rings (SSSR count). The van der Waals surface area contributed by atoms with E-state index < -0.39 is 18.5 Å². The second kappa shape index (κ2) is 7.67. The summed E-state index contributed by atoms with van der Waals surface area (Å²) < 4.78 is 5.52. The summed E-state index contributed by atoms with van der Waals surface area (Å²) in [5, 5.41) is 9.48. The van der Waals surface area contributed by atoms with Crippen LogP contribution in [-0.2, 0) is 14.4 Å². The van der Waals surface area contributed by atoms with E-state index in [1.54, 1.807) is 18.2 Å². The second-order valence-corrected chi connectivity index (χ2v) is 8.07. The van der Waals surface area contributed by atoms with Crippen molar-refractivity contribution in [3.8, 4) is 5.75 Å². The fourth-order valence-electron chi connectivity index (χ4n) is 4.68. The highest BCUT2D eigenvalue weighted by Crippen LogP contribution is 2.50. The lowest BCUT2D eigenvalue weighted by atomic mass is 9.71. The molecule has 6 nitrogen and oxygen atoms in total. The monoisotopic (exact) mass is 415 g/mol. The number of aliphatic carboxylic acids is 1. The third-order valence-corrected chi connectivity index (χ3v) is 6.11. The first kappa shape index (κ1) is 19.7. The van der Waals surface area contributed by atoms with E-state index in [4.69, 9.17) is 21.4 Å². The van der Waals surface area contributed by atoms with Gasteiger partial charge in [-0.3, -0.25) is 9.59 Å². The summed E-state index contributed by atoms with van der Waals surface area (Å²) in [4.78, 5) is 39.1. The Bertz CT molecular complexity index is 933. The Morgan fingerprint density at radius 1 is 1.10 bits per heavy atom. The maximum atomic E-state index is 13.0. The van der Waals surface area contributed by atoms with Crippen molar-refractivity contribution in [3.63, 3.8) is 0 Å². The van der Waals surface area contributed by atoms with Crippen LogP contribution in [-0.4, -0.2) is 41.2 Å². The Hall–Kier alpha value is -2.60. The smallest absolute Gasteiger partial charge is 0.341 e. The number of allylic oxidation sites excluding steroid dienone is 4. The molecule has 3 aliphatic rings. The number of ketones is 2. The summed E-state index contributed by atoms with van der Waals surface area (Å²) in [5.74, 6) is -1.29. The van der Waals surface area contributed by atoms with Gasteiger partial charge in [0.25, 0.3) is 0 Å². The summed E-state index contributed by atoms with van der Waals surface area (Å²) in [6.45, 7) is -0.513. The number of carboxylic acid groups (broad SMARTS) is 1. The number of Topliss-reactive ketones (excluding diaryl/α,β-unsaturated/α-hetero) is 2. The first-order valence-corrected chi connectivity index (χ1v) is 10.2. The normalized spacial score (nSPS) is 20.0. The minimum atomic E-state index is -1.10. The number of rotatable bonds is 4. The van der Waals surface area contributed by atoms with Crippen molar-refractivity contribution in [2.75, 3.05) is 13.7 Å². The van der Waals surface area contributed by atoms with Crippen molar-refractivity contribution >= 4 is 29.1 Å². The third kappa shape index (κ3) is 3.46. The van der Waals surface area contributed by atoms with Gasteiger partial charge in [0.2, 0.25) is 0 Å². The fraction of sp³-hybridized carbons (Fsp3) is 0.409. The SMILES string of the molecule is CN1C2=C(C(=O)CCC2)C(c2cc(Cl)ccc2OCC(=O)O)C2=C1CCCC2=O. The van der Waals surface area contributed by atoms with Crippen LogP contribution in [0.15, 0.2) is 40.7 Å². The number of carboxylic acids is 1. The lowest BCUT2D eigenvalue weighted by Gasteiger charge is -2.42. The van der Waals surface area contributed by atoms with Crippen molar-refractivity contribution in [3.05, 3.63) is 51.3 Å². The molecule has 2 aliphatic carbocycles. The number of benzene rings is 1. The van der Waals surface area contributed by atoms with Crippen LogP contribution < -0.4 is 4.74 Å². The van der Waals surface area contributed by atoms with Crippen molar-refractivity contribution < 1.29 is 24.2 Å². The fourth-order valence-corrected chi connectivity index (χ4v) is 4.86. The van der Waals surface area contributed by atoms with E-state index in [1.165, 1.54) is 0 Å². The van der Waals surface area contributed by atoms with Crippen LogP contribution in [0.3, 0.4) is 0 Å².